The van der Waals surface area contributed by atoms with Crippen LogP contribution in [0.1, 0.15) is 19.2 Å². The number of Topliss-reactive ketones (excluding diaryl/α,β-unsaturated/α-hetero) is 1. The number of hydrogen-bond acceptors (Lipinski definition) is 4. The van der Waals surface area contributed by atoms with Crippen molar-refractivity contribution in [3.8, 4) is 11.1 Å². The molecule has 0 fully saturated rings. The molecule has 0 aliphatic heterocycles. The Morgan fingerprint density at radius 1 is 1.30 bits per heavy atom. The summed E-state index contributed by atoms with van der Waals surface area (Å²) in [6.07, 6.45) is 0.296. The van der Waals surface area contributed by atoms with Gasteiger partial charge in [-0.1, -0.05) is 12.1 Å². The number of benzene rings is 1. The third-order valence-electron chi connectivity index (χ3n) is 3.73. The Hall–Kier alpha value is -2.34. The van der Waals surface area contributed by atoms with Crippen LogP contribution in [0, 0.1) is 12.7 Å². The number of halogens is 1. The van der Waals surface area contributed by atoms with Gasteiger partial charge in [0.05, 0.1) is 5.39 Å². The summed E-state index contributed by atoms with van der Waals surface area (Å²) < 4.78 is 14.6. The Balaban J connectivity index is 2.18. The van der Waals surface area contributed by atoms with Gasteiger partial charge in [0.25, 0.3) is 5.56 Å². The minimum Gasteiger partial charge on any atom is -0.300 e. The Bertz CT molecular complexity index is 942. The number of aryl methyl sites for hydroxylation is 1. The Labute approximate surface area is 136 Å². The maximum absolute atomic E-state index is 13.1. The molecule has 3 rings (SSSR count). The summed E-state index contributed by atoms with van der Waals surface area (Å²) in [6, 6.07) is 6.04. The van der Waals surface area contributed by atoms with Gasteiger partial charge in [0.15, 0.2) is 0 Å². The van der Waals surface area contributed by atoms with E-state index in [0.29, 0.717) is 29.0 Å². The van der Waals surface area contributed by atoms with Crippen LogP contribution in [-0.2, 0) is 11.3 Å². The first-order chi connectivity index (χ1) is 11.0. The fourth-order valence-corrected chi connectivity index (χ4v) is 3.48. The normalized spacial score (nSPS) is 11.1. The van der Waals surface area contributed by atoms with Gasteiger partial charge in [0.1, 0.15) is 22.3 Å². The van der Waals surface area contributed by atoms with E-state index >= 15 is 0 Å². The van der Waals surface area contributed by atoms with E-state index in [1.165, 1.54) is 35.0 Å². The zero-order valence-electron chi connectivity index (χ0n) is 12.8. The summed E-state index contributed by atoms with van der Waals surface area (Å²) in [6.45, 7) is 3.58. The predicted molar refractivity (Wildman–Crippen MR) is 89.3 cm³/mol. The fraction of sp³-hybridized carbons (Fsp3) is 0.235. The standard InChI is InChI=1S/C17H15FN2O2S/c1-10(21)7-8-20-11(2)19-16-15(17(20)22)14(9-23-16)12-3-5-13(18)6-4-12/h3-6,9H,7-8H2,1-2H3. The van der Waals surface area contributed by atoms with Gasteiger partial charge in [-0.05, 0) is 31.5 Å². The molecule has 2 aromatic heterocycles. The van der Waals surface area contributed by atoms with Gasteiger partial charge in [0, 0.05) is 23.9 Å². The van der Waals surface area contributed by atoms with Gasteiger partial charge in [-0.15, -0.1) is 11.3 Å². The molecule has 1 aromatic carbocycles. The Kier molecular flexibility index (Phi) is 4.09. The maximum atomic E-state index is 13.1. The van der Waals surface area contributed by atoms with Gasteiger partial charge in [-0.25, -0.2) is 9.37 Å². The summed E-state index contributed by atoms with van der Waals surface area (Å²) in [5.74, 6) is 0.304. The van der Waals surface area contributed by atoms with E-state index in [9.17, 15) is 14.0 Å². The minimum atomic E-state index is -0.318. The first-order valence-electron chi connectivity index (χ1n) is 7.21. The molecule has 0 radical (unpaired) electrons. The van der Waals surface area contributed by atoms with Crippen LogP contribution in [0.25, 0.3) is 21.3 Å². The number of aromatic nitrogens is 2. The van der Waals surface area contributed by atoms with E-state index in [2.05, 4.69) is 4.98 Å². The number of hydrogen-bond donors (Lipinski definition) is 0. The highest BCUT2D eigenvalue weighted by Gasteiger charge is 2.15. The lowest BCUT2D eigenvalue weighted by Gasteiger charge is -2.09. The van der Waals surface area contributed by atoms with Crippen molar-refractivity contribution in [2.75, 3.05) is 0 Å². The van der Waals surface area contributed by atoms with E-state index in [0.717, 1.165) is 11.1 Å². The molecule has 3 aromatic rings. The van der Waals surface area contributed by atoms with Crippen molar-refractivity contribution in [2.45, 2.75) is 26.8 Å². The zero-order valence-corrected chi connectivity index (χ0v) is 13.6. The van der Waals surface area contributed by atoms with Gasteiger partial charge >= 0.3 is 0 Å². The number of ketones is 1. The molecule has 0 N–H and O–H groups in total. The highest BCUT2D eigenvalue weighted by atomic mass is 32.1. The Morgan fingerprint density at radius 3 is 2.65 bits per heavy atom. The van der Waals surface area contributed by atoms with Gasteiger partial charge in [-0.3, -0.25) is 14.2 Å². The summed E-state index contributed by atoms with van der Waals surface area (Å²) in [5, 5.41) is 2.39. The Morgan fingerprint density at radius 2 is 2.00 bits per heavy atom. The third-order valence-corrected chi connectivity index (χ3v) is 4.60. The topological polar surface area (TPSA) is 52.0 Å². The molecule has 0 saturated carbocycles. The van der Waals surface area contributed by atoms with E-state index < -0.39 is 0 Å². The van der Waals surface area contributed by atoms with Crippen LogP contribution in [0.5, 0.6) is 0 Å². The first-order valence-corrected chi connectivity index (χ1v) is 8.09. The molecule has 0 aliphatic carbocycles. The van der Waals surface area contributed by atoms with Crippen LogP contribution >= 0.6 is 11.3 Å². The van der Waals surface area contributed by atoms with Crippen molar-refractivity contribution in [3.63, 3.8) is 0 Å². The van der Waals surface area contributed by atoms with Crippen molar-refractivity contribution in [2.24, 2.45) is 0 Å². The lowest BCUT2D eigenvalue weighted by atomic mass is 10.1. The molecule has 4 nitrogen and oxygen atoms in total. The van der Waals surface area contributed by atoms with E-state index in [-0.39, 0.29) is 17.2 Å². The lowest BCUT2D eigenvalue weighted by Crippen LogP contribution is -2.24. The number of nitrogens with zero attached hydrogens (tertiary/aromatic N) is 2. The molecule has 0 saturated heterocycles. The molecule has 0 aliphatic rings. The number of fused-ring (bicyclic) bond motifs is 1. The molecule has 0 bridgehead atoms. The molecular weight excluding hydrogens is 315 g/mol. The number of carbonyl (C=O) groups is 1. The molecule has 0 spiro atoms. The molecule has 0 unspecified atom stereocenters. The highest BCUT2D eigenvalue weighted by Crippen LogP contribution is 2.31. The second-order valence-electron chi connectivity index (χ2n) is 5.40. The number of thiophene rings is 1. The minimum absolute atomic E-state index is 0.0282. The molecule has 23 heavy (non-hydrogen) atoms. The van der Waals surface area contributed by atoms with E-state index in [1.54, 1.807) is 19.1 Å². The van der Waals surface area contributed by atoms with Gasteiger partial charge in [0.2, 0.25) is 0 Å². The fourth-order valence-electron chi connectivity index (χ4n) is 2.50. The zero-order chi connectivity index (χ0) is 16.6. The van der Waals surface area contributed by atoms with Crippen molar-refractivity contribution in [1.82, 2.24) is 9.55 Å². The van der Waals surface area contributed by atoms with Crippen molar-refractivity contribution < 1.29 is 9.18 Å². The highest BCUT2D eigenvalue weighted by molar-refractivity contribution is 7.17. The largest absolute Gasteiger partial charge is 0.300 e. The maximum Gasteiger partial charge on any atom is 0.262 e. The molecule has 6 heteroatoms. The van der Waals surface area contributed by atoms with Crippen molar-refractivity contribution in [3.05, 3.63) is 51.6 Å². The monoisotopic (exact) mass is 330 g/mol. The molecule has 0 atom stereocenters. The molecule has 118 valence electrons. The third kappa shape index (κ3) is 2.94. The van der Waals surface area contributed by atoms with Crippen LogP contribution in [0.2, 0.25) is 0 Å². The van der Waals surface area contributed by atoms with Crippen LogP contribution in [-0.4, -0.2) is 15.3 Å². The summed E-state index contributed by atoms with van der Waals surface area (Å²) in [4.78, 5) is 29.2. The second-order valence-corrected chi connectivity index (χ2v) is 6.26. The molecular formula is C17H15FN2O2S. The summed E-state index contributed by atoms with van der Waals surface area (Å²) in [5.41, 5.74) is 1.37. The SMILES string of the molecule is CC(=O)CCn1c(C)nc2scc(-c3ccc(F)cc3)c2c1=O. The average molecular weight is 330 g/mol. The van der Waals surface area contributed by atoms with Crippen molar-refractivity contribution >= 4 is 27.3 Å². The van der Waals surface area contributed by atoms with Crippen LogP contribution in [0.15, 0.2) is 34.4 Å². The molecule has 2 heterocycles. The van der Waals surface area contributed by atoms with Crippen molar-refractivity contribution in [1.29, 1.82) is 0 Å². The van der Waals surface area contributed by atoms with Gasteiger partial charge < -0.3 is 0 Å². The van der Waals surface area contributed by atoms with Crippen LogP contribution in [0.3, 0.4) is 0 Å². The smallest absolute Gasteiger partial charge is 0.262 e. The van der Waals surface area contributed by atoms with E-state index in [1.807, 2.05) is 5.38 Å². The van der Waals surface area contributed by atoms with E-state index in [4.69, 9.17) is 0 Å². The van der Waals surface area contributed by atoms with Crippen LogP contribution in [0.4, 0.5) is 4.39 Å². The average Bonchev–Trinajstić information content (AvgIpc) is 2.91. The lowest BCUT2D eigenvalue weighted by molar-refractivity contribution is -0.117. The van der Waals surface area contributed by atoms with Crippen LogP contribution < -0.4 is 5.56 Å². The number of rotatable bonds is 4. The summed E-state index contributed by atoms with van der Waals surface area (Å²) >= 11 is 1.39. The first kappa shape index (κ1) is 15.6. The molecule has 0 amide bonds. The second kappa shape index (κ2) is 6.04. The van der Waals surface area contributed by atoms with Gasteiger partial charge in [-0.2, -0.15) is 0 Å². The predicted octanol–water partition coefficient (Wildman–Crippen LogP) is 3.55. The number of carbonyl (C=O) groups excluding carboxylic acids is 1. The summed E-state index contributed by atoms with van der Waals surface area (Å²) in [7, 11) is 0. The quantitative estimate of drug-likeness (QED) is 0.735.